The molecule has 8 aromatic heterocycles. The molecule has 4 aromatic carbocycles. The van der Waals surface area contributed by atoms with Gasteiger partial charge in [0, 0.05) is 179 Å². The Morgan fingerprint density at radius 1 is 0.388 bits per heavy atom. The molecule has 0 saturated heterocycles. The predicted molar refractivity (Wildman–Crippen MR) is 580 cm³/mol. The van der Waals surface area contributed by atoms with Crippen LogP contribution in [-0.4, -0.2) is 104 Å². The van der Waals surface area contributed by atoms with E-state index >= 15 is 0 Å². The van der Waals surface area contributed by atoms with Gasteiger partial charge in [-0.1, -0.05) is 65.6 Å². The summed E-state index contributed by atoms with van der Waals surface area (Å²) < 4.78 is 62.6. The number of hydrogen-bond acceptors (Lipinski definition) is 24. The summed E-state index contributed by atoms with van der Waals surface area (Å²) in [5, 5.41) is 90.8. The molecule has 13 rings (SSSR count). The Bertz CT molecular complexity index is 6000. The highest BCUT2D eigenvalue weighted by atomic mass is 127. The van der Waals surface area contributed by atoms with Gasteiger partial charge in [0.05, 0.1) is 68.8 Å². The van der Waals surface area contributed by atoms with Crippen LogP contribution in [0.4, 0.5) is 49.9 Å². The number of aliphatic hydroxyl groups is 3. The maximum absolute atomic E-state index is 12.9. The first kappa shape index (κ1) is 123. The maximum Gasteiger partial charge on any atom is 0.319 e. The predicted octanol–water partition coefficient (Wildman–Crippen LogP) is 22.0. The molecule has 43 heteroatoms. The molecule has 0 fully saturated rings. The number of aromatic hydroxyl groups is 3. The van der Waals surface area contributed by atoms with Crippen molar-refractivity contribution in [3.05, 3.63) is 358 Å². The summed E-state index contributed by atoms with van der Waals surface area (Å²) in [7, 11) is 0. The van der Waals surface area contributed by atoms with Gasteiger partial charge in [0.2, 0.25) is 5.79 Å². The molecule has 0 aliphatic carbocycles. The number of rotatable bonds is 26. The molecule has 0 spiro atoms. The number of nitrogens with zero attached hydrogens (tertiary/aromatic N) is 17. The van der Waals surface area contributed by atoms with Gasteiger partial charge in [-0.05, 0) is 341 Å². The number of carbonyl (C=O) groups is 2. The zero-order valence-corrected chi connectivity index (χ0v) is 89.7. The van der Waals surface area contributed by atoms with Gasteiger partial charge in [-0.25, -0.2) is 27.2 Å². The van der Waals surface area contributed by atoms with E-state index in [0.717, 1.165) is 93.4 Å². The zero-order chi connectivity index (χ0) is 109. The van der Waals surface area contributed by atoms with Crippen molar-refractivity contribution in [1.82, 2.24) is 61.1 Å². The molecule has 0 atom stereocenters. The van der Waals surface area contributed by atoms with E-state index in [1.807, 2.05) is 72.7 Å². The fourth-order valence-corrected chi connectivity index (χ4v) is 14.7. The highest BCUT2D eigenvalue weighted by Crippen LogP contribution is 2.36. The average Bonchev–Trinajstić information content (AvgIpc) is 0.780. The number of halogens is 5. The summed E-state index contributed by atoms with van der Waals surface area (Å²) in [4.78, 5) is 67.2. The van der Waals surface area contributed by atoms with Crippen LogP contribution in [0.15, 0.2) is 162 Å². The topological polar surface area (TPSA) is 546 Å². The van der Waals surface area contributed by atoms with Crippen molar-refractivity contribution in [2.24, 2.45) is 21.1 Å². The second-order valence-corrected chi connectivity index (χ2v) is 33.8. The Morgan fingerprint density at radius 3 is 0.939 bits per heavy atom. The number of thiocarbonyl (C=S) groups is 2. The van der Waals surface area contributed by atoms with Crippen LogP contribution in [0, 0.1) is 106 Å². The number of carbonyl (C=O) groups excluding carboxylic acids is 2. The number of aryl methyl sites for hydroxylation is 8. The lowest BCUT2D eigenvalue weighted by atomic mass is 10.0. The Kier molecular flexibility index (Phi) is 53.2. The third-order valence-corrected chi connectivity index (χ3v) is 23.5. The van der Waals surface area contributed by atoms with E-state index in [1.54, 1.807) is 69.8 Å². The van der Waals surface area contributed by atoms with E-state index in [2.05, 4.69) is 184 Å². The number of anilines is 4. The molecule has 0 saturated carbocycles. The summed E-state index contributed by atoms with van der Waals surface area (Å²) in [5.41, 5.74) is 58.1. The zero-order valence-electron chi connectivity index (χ0n) is 85.9. The quantitative estimate of drug-likeness (QED) is 0.00455. The van der Waals surface area contributed by atoms with Gasteiger partial charge >= 0.3 is 12.1 Å². The molecule has 0 radical (unpaired) electrons. The minimum Gasteiger partial charge on any atom is -0.506 e. The lowest BCUT2D eigenvalue weighted by Gasteiger charge is -2.34. The number of fused-ring (bicyclic) bond motifs is 1. The van der Waals surface area contributed by atoms with E-state index in [-0.39, 0.29) is 86.0 Å². The van der Waals surface area contributed by atoms with Crippen molar-refractivity contribution in [1.29, 1.82) is 0 Å². The first-order valence-corrected chi connectivity index (χ1v) is 49.4. The molecule has 4 amide bonds. The molecular weight excluding hydrogens is 2040 g/mol. The number of ether oxygens (including phenoxy) is 2. The second-order valence-electron chi connectivity index (χ2n) is 33.0. The smallest absolute Gasteiger partial charge is 0.319 e. The minimum absolute atomic E-state index is 0.0146. The number of aromatic nitrogens is 8. The van der Waals surface area contributed by atoms with Crippen molar-refractivity contribution >= 4 is 92.1 Å². The minimum atomic E-state index is -0.642. The molecule has 0 bridgehead atoms. The van der Waals surface area contributed by atoms with Crippen molar-refractivity contribution < 1.29 is 67.3 Å². The Hall–Kier alpha value is -14.6. The number of azide groups is 3. The number of aliphatic hydroxyl groups excluding tert-OH is 3. The van der Waals surface area contributed by atoms with Crippen molar-refractivity contribution in [3.63, 3.8) is 0 Å². The third kappa shape index (κ3) is 39.4. The van der Waals surface area contributed by atoms with Gasteiger partial charge in [0.25, 0.3) is 0 Å². The van der Waals surface area contributed by atoms with Gasteiger partial charge in [0.1, 0.15) is 46.3 Å². The molecule has 36 nitrogen and oxygen atoms in total. The first-order valence-electron chi connectivity index (χ1n) is 46.4. The number of nitrogens with two attached hydrogens (primary N) is 1. The van der Waals surface area contributed by atoms with Gasteiger partial charge < -0.3 is 88.4 Å². The molecule has 16 N–H and O–H groups in total. The van der Waals surface area contributed by atoms with Crippen LogP contribution in [0.25, 0.3) is 31.3 Å². The fraction of sp³-hybridized carbons (Fsp3) is 0.346. The third-order valence-electron chi connectivity index (χ3n) is 23.0. The lowest BCUT2D eigenvalue weighted by Crippen LogP contribution is -2.36. The summed E-state index contributed by atoms with van der Waals surface area (Å²) in [6.45, 7) is 37.6. The van der Waals surface area contributed by atoms with Crippen molar-refractivity contribution in [2.45, 2.75) is 235 Å². The van der Waals surface area contributed by atoms with E-state index in [9.17, 15) is 52.7 Å². The van der Waals surface area contributed by atoms with Crippen LogP contribution in [0.2, 0.25) is 0 Å². The summed E-state index contributed by atoms with van der Waals surface area (Å²) in [6.07, 6.45) is 17.5. The summed E-state index contributed by atoms with van der Waals surface area (Å²) in [5.74, 6) is -1.35. The molecule has 12 aromatic rings. The fourth-order valence-electron chi connectivity index (χ4n) is 14.3. The highest BCUT2D eigenvalue weighted by Gasteiger charge is 2.31. The van der Waals surface area contributed by atoms with E-state index in [4.69, 9.17) is 61.3 Å². The molecule has 0 unspecified atom stereocenters. The largest absolute Gasteiger partial charge is 0.506 e. The standard InChI is InChI=1S/C17H20FN3O.C17H20FN3S.C15H16FN3O3.C15H16FN3O2S.C11H14N4O2.C10H14N4.C10H16N2.C8H10N4O2.CH3I/c2*1-4-16-11(2)12(3)19-9-13(16)10-20-17(22)21-15-7-5-14(18)6-8-15;2*1-9-14(21)13(8-20)10(6-17-9)7-18-15(22)19-12-4-2-11(16)3-5-12;1-7-10-9(6-16-11(2,3)17-10)8(4-13-7)5-14-15-12;1-4-10-7(2)8(3)12-5-9(10)6-13-14-11;1-4-10-7(2)8(3)12-6-9(10)5-11;1-5-8(14)7(4-13)6(2-10-5)3-11-12-9;1-2/h2*5-9H,4,10H2,1-3H3,(H2,20,21,22);2*2-6,20-21H,7-8H2,1H3,(H2,18,19,22);4H,5-6H2,1-3H3;5H,4,6H2,1-3H3;6H,4-5,11H2,1-3H3;2,13-14H,3-4H2,1H3;1H3. The number of pyridine rings is 8. The van der Waals surface area contributed by atoms with Crippen molar-refractivity contribution in [2.75, 3.05) is 26.2 Å². The summed E-state index contributed by atoms with van der Waals surface area (Å²) in [6, 6.07) is 22.1. The molecule has 9 heterocycles. The van der Waals surface area contributed by atoms with E-state index < -0.39 is 11.8 Å². The SMILES string of the molecule is CCc1c(CN)cnc(C)c1C.CCc1c(CN=[N+]=[N-])cnc(C)c1C.CCc1c(CNC(=O)Nc2ccc(F)cc2)cnc(C)c1C.CCc1c(CNC(=S)Nc2ccc(F)cc2)cnc(C)c1C.CI.Cc1ncc(CN=[N+]=[N-])c(CO)c1O.Cc1ncc(CN=[N+]=[N-])c2c1OC(C)(C)OC2.Cc1ncc(CNC(=O)Nc2ccc(F)cc2)c(CO)c1O.Cc1ncc(CNC(=S)Nc2ccc(F)cc2)c(CO)c1O. The number of amides is 4. The normalized spacial score (nSPS) is 10.8. The molecule has 1 aliphatic heterocycles. The Balaban J connectivity index is 0.000000297. The van der Waals surface area contributed by atoms with Crippen LogP contribution < -0.4 is 53.0 Å². The van der Waals surface area contributed by atoms with E-state index in [1.165, 1.54) is 135 Å². The number of nitrogens with one attached hydrogen (secondary N) is 8. The van der Waals surface area contributed by atoms with Gasteiger partial charge in [-0.3, -0.25) is 39.9 Å². The molecule has 147 heavy (non-hydrogen) atoms. The monoisotopic (exact) mass is 2170 g/mol. The molecule has 782 valence electrons. The first-order chi connectivity index (χ1) is 70.2. The highest BCUT2D eigenvalue weighted by molar-refractivity contribution is 14.1. The average molecular weight is 2170 g/mol. The number of hydrogen-bond donors (Lipinski definition) is 15. The van der Waals surface area contributed by atoms with Crippen molar-refractivity contribution in [3.8, 4) is 23.0 Å². The number of alkyl halides is 1. The lowest BCUT2D eigenvalue weighted by molar-refractivity contribution is -0.180. The maximum atomic E-state index is 12.9. The van der Waals surface area contributed by atoms with Crippen LogP contribution in [0.3, 0.4) is 0 Å². The van der Waals surface area contributed by atoms with Gasteiger partial charge in [-0.15, -0.1) is 0 Å². The number of urea groups is 2. The van der Waals surface area contributed by atoms with Crippen LogP contribution in [0.1, 0.15) is 198 Å². The number of benzene rings is 4. The van der Waals surface area contributed by atoms with E-state index in [0.29, 0.717) is 117 Å². The van der Waals surface area contributed by atoms with Gasteiger partial charge in [0.15, 0.2) is 10.2 Å². The van der Waals surface area contributed by atoms with Crippen LogP contribution >= 0.6 is 47.0 Å². The second kappa shape index (κ2) is 63.6. The molecule has 1 aliphatic rings. The Morgan fingerprint density at radius 2 is 0.633 bits per heavy atom. The summed E-state index contributed by atoms with van der Waals surface area (Å²) >= 11 is 12.6. The van der Waals surface area contributed by atoms with Crippen LogP contribution in [0.5, 0.6) is 23.0 Å². The van der Waals surface area contributed by atoms with Crippen LogP contribution in [-0.2, 0) is 109 Å². The molecular formula is C104H129F4IN26O10S2. The van der Waals surface area contributed by atoms with Gasteiger partial charge in [-0.2, -0.15) is 0 Å². The Labute approximate surface area is 878 Å².